The first-order valence-corrected chi connectivity index (χ1v) is 5.70. The fourth-order valence-electron chi connectivity index (χ4n) is 4.45. The number of hydrogen-bond acceptors (Lipinski definition) is 0. The van der Waals surface area contributed by atoms with Gasteiger partial charge in [-0.1, -0.05) is 6.92 Å². The van der Waals surface area contributed by atoms with E-state index in [1.165, 1.54) is 25.7 Å². The molecule has 0 nitrogen and oxygen atoms in total. The second-order valence-corrected chi connectivity index (χ2v) is 5.23. The molecule has 5 rings (SSSR count). The maximum absolute atomic E-state index is 12.7. The van der Waals surface area contributed by atoms with Gasteiger partial charge in [-0.25, -0.2) is 8.78 Å². The molecule has 5 saturated carbocycles. The van der Waals surface area contributed by atoms with Crippen molar-refractivity contribution < 1.29 is 17.6 Å². The summed E-state index contributed by atoms with van der Waals surface area (Å²) in [5.74, 6) is 1.14. The van der Waals surface area contributed by atoms with Crippen LogP contribution in [0.4, 0.5) is 17.6 Å². The Balaban J connectivity index is 0.000000226. The Bertz CT molecular complexity index is 223. The number of rotatable bonds is 1. The largest absolute Gasteiger partial charge is 0.255 e. The Morgan fingerprint density at radius 2 is 1.44 bits per heavy atom. The zero-order valence-electron chi connectivity index (χ0n) is 9.91. The molecule has 0 saturated heterocycles. The Kier molecular flexibility index (Phi) is 4.24. The van der Waals surface area contributed by atoms with Gasteiger partial charge in [0.25, 0.3) is 0 Å². The zero-order chi connectivity index (χ0) is 12.4. The van der Waals surface area contributed by atoms with Crippen LogP contribution in [0.2, 0.25) is 0 Å². The van der Waals surface area contributed by atoms with Crippen LogP contribution in [0.15, 0.2) is 0 Å². The highest BCUT2D eigenvalue weighted by molar-refractivity contribution is 5.22. The molecule has 0 heterocycles. The van der Waals surface area contributed by atoms with Crippen LogP contribution in [-0.2, 0) is 0 Å². The average molecular weight is 240 g/mol. The van der Waals surface area contributed by atoms with E-state index in [0.717, 1.165) is 0 Å². The Morgan fingerprint density at radius 3 is 1.69 bits per heavy atom. The molecule has 2 bridgehead atoms. The van der Waals surface area contributed by atoms with E-state index >= 15 is 0 Å². The highest BCUT2D eigenvalue weighted by atomic mass is 19.3. The summed E-state index contributed by atoms with van der Waals surface area (Å²) in [5.41, 5.74) is 1.14. The van der Waals surface area contributed by atoms with Crippen LogP contribution in [0.25, 0.3) is 0 Å². The van der Waals surface area contributed by atoms with Gasteiger partial charge in [-0.15, -0.1) is 0 Å². The summed E-state index contributed by atoms with van der Waals surface area (Å²) in [4.78, 5) is 0. The molecule has 0 aliphatic heterocycles. The topological polar surface area (TPSA) is 0 Å². The molecule has 5 fully saturated rings. The smallest absolute Gasteiger partial charge is 0.229 e. The van der Waals surface area contributed by atoms with E-state index in [2.05, 4.69) is 6.92 Å². The Labute approximate surface area is 94.4 Å². The SMILES string of the molecule is CC1C(CF)C23CCC1(C2)C3.CF.FCF. The summed E-state index contributed by atoms with van der Waals surface area (Å²) in [5, 5.41) is 0. The number of hydrogen-bond donors (Lipinski definition) is 0. The third kappa shape index (κ3) is 1.65. The van der Waals surface area contributed by atoms with E-state index < -0.39 is 6.93 Å². The van der Waals surface area contributed by atoms with Gasteiger partial charge in [0.15, 0.2) is 0 Å². The lowest BCUT2D eigenvalue weighted by Gasteiger charge is -2.38. The maximum atomic E-state index is 12.7. The summed E-state index contributed by atoms with van der Waals surface area (Å²) in [6.07, 6.45) is 5.49. The summed E-state index contributed by atoms with van der Waals surface area (Å²) in [6.45, 7) is 0.473. The van der Waals surface area contributed by atoms with Crippen LogP contribution in [0.5, 0.6) is 0 Å². The summed E-state index contributed by atoms with van der Waals surface area (Å²) in [7, 11) is 0.500. The normalized spacial score (nSPS) is 46.1. The molecule has 0 aromatic heterocycles. The van der Waals surface area contributed by atoms with Crippen molar-refractivity contribution in [2.45, 2.75) is 32.6 Å². The first kappa shape index (κ1) is 13.8. The Hall–Kier alpha value is -0.280. The molecule has 4 heteroatoms. The zero-order valence-corrected chi connectivity index (χ0v) is 9.91. The fraction of sp³-hybridized carbons (Fsp3) is 1.00. The minimum atomic E-state index is -1.75. The molecule has 5 aliphatic carbocycles. The van der Waals surface area contributed by atoms with E-state index in [1.807, 2.05) is 0 Å². The monoisotopic (exact) mass is 240 g/mol. The molecule has 0 spiro atoms. The van der Waals surface area contributed by atoms with Gasteiger partial charge < -0.3 is 0 Å². The van der Waals surface area contributed by atoms with Gasteiger partial charge in [-0.05, 0) is 48.3 Å². The lowest BCUT2D eigenvalue weighted by molar-refractivity contribution is 0.109. The minimum absolute atomic E-state index is 0.0527. The predicted molar refractivity (Wildman–Crippen MR) is 56.1 cm³/mol. The van der Waals surface area contributed by atoms with Crippen molar-refractivity contribution in [3.63, 3.8) is 0 Å². The standard InChI is InChI=1S/C10H15F.CH2F2.CH3F/c1-7-8(4-11)10-3-2-9(7,5-10)6-10;2-1-3;1-2/h7-8H,2-6H2,1H3;1H2;1H3. The molecule has 16 heavy (non-hydrogen) atoms. The van der Waals surface area contributed by atoms with Crippen molar-refractivity contribution in [1.29, 1.82) is 0 Å². The number of halogens is 4. The summed E-state index contributed by atoms with van der Waals surface area (Å²) < 4.78 is 41.4. The first-order valence-electron chi connectivity index (χ1n) is 5.70. The summed E-state index contributed by atoms with van der Waals surface area (Å²) >= 11 is 0. The van der Waals surface area contributed by atoms with Crippen molar-refractivity contribution in [1.82, 2.24) is 0 Å². The second-order valence-electron chi connectivity index (χ2n) is 5.23. The molecular formula is C12H20F4. The molecule has 0 aromatic carbocycles. The van der Waals surface area contributed by atoms with Gasteiger partial charge in [0, 0.05) is 0 Å². The van der Waals surface area contributed by atoms with Crippen molar-refractivity contribution in [2.24, 2.45) is 22.7 Å². The fourth-order valence-corrected chi connectivity index (χ4v) is 4.45. The highest BCUT2D eigenvalue weighted by Gasteiger charge is 2.73. The first-order chi connectivity index (χ1) is 7.64. The minimum Gasteiger partial charge on any atom is -0.255 e. The average Bonchev–Trinajstić information content (AvgIpc) is 2.89. The van der Waals surface area contributed by atoms with Gasteiger partial charge in [0.05, 0.1) is 13.9 Å². The lowest BCUT2D eigenvalue weighted by atomic mass is 9.67. The summed E-state index contributed by atoms with van der Waals surface area (Å²) in [6, 6.07) is 0. The molecule has 5 aliphatic rings. The van der Waals surface area contributed by atoms with Crippen molar-refractivity contribution >= 4 is 0 Å². The molecule has 2 unspecified atom stereocenters. The molecule has 96 valence electrons. The Morgan fingerprint density at radius 1 is 1.00 bits per heavy atom. The molecular weight excluding hydrogens is 220 g/mol. The molecule has 0 radical (unpaired) electrons. The van der Waals surface area contributed by atoms with Crippen molar-refractivity contribution in [2.75, 3.05) is 20.8 Å². The van der Waals surface area contributed by atoms with Crippen LogP contribution < -0.4 is 0 Å². The van der Waals surface area contributed by atoms with Gasteiger partial charge in [-0.2, -0.15) is 0 Å². The molecule has 0 N–H and O–H groups in total. The lowest BCUT2D eigenvalue weighted by Crippen LogP contribution is -2.29. The van der Waals surface area contributed by atoms with Gasteiger partial charge in [-0.3, -0.25) is 8.78 Å². The predicted octanol–water partition coefficient (Wildman–Crippen LogP) is 4.25. The van der Waals surface area contributed by atoms with Crippen LogP contribution in [0.3, 0.4) is 0 Å². The van der Waals surface area contributed by atoms with Gasteiger partial charge >= 0.3 is 0 Å². The van der Waals surface area contributed by atoms with Crippen molar-refractivity contribution in [3.05, 3.63) is 0 Å². The molecule has 0 aromatic rings. The van der Waals surface area contributed by atoms with Crippen molar-refractivity contribution in [3.8, 4) is 0 Å². The number of alkyl halides is 4. The third-order valence-electron chi connectivity index (χ3n) is 5.05. The quantitative estimate of drug-likeness (QED) is 0.601. The maximum Gasteiger partial charge on any atom is 0.229 e. The van der Waals surface area contributed by atoms with E-state index in [-0.39, 0.29) is 6.67 Å². The van der Waals surface area contributed by atoms with E-state index in [4.69, 9.17) is 0 Å². The molecule has 0 amide bonds. The number of fused-ring (bicyclic) bond motifs is 2. The van der Waals surface area contributed by atoms with E-state index in [1.54, 1.807) is 0 Å². The molecule has 2 atom stereocenters. The second kappa shape index (κ2) is 4.92. The van der Waals surface area contributed by atoms with Crippen LogP contribution in [0.1, 0.15) is 32.6 Å². The van der Waals surface area contributed by atoms with E-state index in [0.29, 0.717) is 29.8 Å². The van der Waals surface area contributed by atoms with E-state index in [9.17, 15) is 17.6 Å². The van der Waals surface area contributed by atoms with Crippen LogP contribution >= 0.6 is 0 Å². The highest BCUT2D eigenvalue weighted by Crippen LogP contribution is 2.81. The van der Waals surface area contributed by atoms with Crippen LogP contribution in [-0.4, -0.2) is 20.8 Å². The van der Waals surface area contributed by atoms with Gasteiger partial charge in [0.1, 0.15) is 0 Å². The van der Waals surface area contributed by atoms with Crippen LogP contribution in [0, 0.1) is 22.7 Å². The third-order valence-corrected chi connectivity index (χ3v) is 5.05. The van der Waals surface area contributed by atoms with Gasteiger partial charge in [0.2, 0.25) is 6.93 Å².